The molecule has 0 radical (unpaired) electrons. The molecule has 1 atom stereocenters. The number of carbonyl (C=O) groups is 1. The van der Waals surface area contributed by atoms with Crippen LogP contribution in [0.25, 0.3) is 0 Å². The maximum atomic E-state index is 12.8. The molecule has 0 spiro atoms. The Labute approximate surface area is 127 Å². The third kappa shape index (κ3) is 4.19. The normalized spacial score (nSPS) is 19.1. The molecule has 0 bridgehead atoms. The molecule has 2 heterocycles. The quantitative estimate of drug-likeness (QED) is 0.901. The van der Waals surface area contributed by atoms with Gasteiger partial charge >= 0.3 is 0 Å². The molecule has 1 aliphatic heterocycles. The molecule has 1 unspecified atom stereocenters. The molecular formula is C17H27N3O. The third-order valence-corrected chi connectivity index (χ3v) is 4.25. The number of aromatic nitrogens is 1. The molecule has 1 saturated heterocycles. The molecular weight excluding hydrogens is 262 g/mol. The summed E-state index contributed by atoms with van der Waals surface area (Å²) in [5, 5.41) is 3.23. The van der Waals surface area contributed by atoms with Gasteiger partial charge in [-0.1, -0.05) is 19.8 Å². The van der Waals surface area contributed by atoms with Gasteiger partial charge in [0, 0.05) is 25.8 Å². The van der Waals surface area contributed by atoms with Gasteiger partial charge in [-0.05, 0) is 38.2 Å². The lowest BCUT2D eigenvalue weighted by Gasteiger charge is -2.22. The Morgan fingerprint density at radius 1 is 1.38 bits per heavy atom. The van der Waals surface area contributed by atoms with Crippen molar-refractivity contribution in [1.29, 1.82) is 0 Å². The molecule has 0 saturated carbocycles. The van der Waals surface area contributed by atoms with E-state index in [1.165, 1.54) is 19.3 Å². The van der Waals surface area contributed by atoms with Crippen molar-refractivity contribution in [1.82, 2.24) is 9.88 Å². The molecule has 2 rings (SSSR count). The molecule has 4 heteroatoms. The van der Waals surface area contributed by atoms with Crippen molar-refractivity contribution in [2.75, 3.05) is 25.0 Å². The summed E-state index contributed by atoms with van der Waals surface area (Å²) in [4.78, 5) is 18.9. The second-order valence-corrected chi connectivity index (χ2v) is 5.83. The van der Waals surface area contributed by atoms with E-state index in [0.29, 0.717) is 0 Å². The fourth-order valence-corrected chi connectivity index (χ4v) is 3.15. The molecule has 1 amide bonds. The number of carbonyl (C=O) groups excluding carboxylic acids is 1. The van der Waals surface area contributed by atoms with Crippen LogP contribution in [0.1, 0.15) is 56.3 Å². The Morgan fingerprint density at radius 2 is 2.24 bits per heavy atom. The van der Waals surface area contributed by atoms with Crippen molar-refractivity contribution >= 4 is 11.6 Å². The summed E-state index contributed by atoms with van der Waals surface area (Å²) in [6, 6.07) is 1.83. The number of hydrogen-bond donors (Lipinski definition) is 1. The average Bonchev–Trinajstić information content (AvgIpc) is 2.74. The van der Waals surface area contributed by atoms with E-state index in [2.05, 4.69) is 17.2 Å². The smallest absolute Gasteiger partial charge is 0.256 e. The number of anilines is 1. The highest BCUT2D eigenvalue weighted by molar-refractivity contribution is 5.99. The average molecular weight is 289 g/mol. The van der Waals surface area contributed by atoms with Gasteiger partial charge in [0.25, 0.3) is 5.91 Å². The van der Waals surface area contributed by atoms with E-state index in [0.717, 1.165) is 49.6 Å². The zero-order valence-corrected chi connectivity index (χ0v) is 13.3. The van der Waals surface area contributed by atoms with Crippen molar-refractivity contribution in [2.45, 2.75) is 46.0 Å². The SMILES string of the molecule is CCCC1CCCN(C(=O)c2ccncc2NCC)CC1. The van der Waals surface area contributed by atoms with Gasteiger partial charge in [-0.3, -0.25) is 9.78 Å². The highest BCUT2D eigenvalue weighted by Gasteiger charge is 2.22. The second kappa shape index (κ2) is 8.01. The summed E-state index contributed by atoms with van der Waals surface area (Å²) in [6.45, 7) is 6.84. The van der Waals surface area contributed by atoms with Crippen molar-refractivity contribution < 1.29 is 4.79 Å². The maximum Gasteiger partial charge on any atom is 0.256 e. The first-order valence-electron chi connectivity index (χ1n) is 8.23. The summed E-state index contributed by atoms with van der Waals surface area (Å²) >= 11 is 0. The number of nitrogens with zero attached hydrogens (tertiary/aromatic N) is 2. The van der Waals surface area contributed by atoms with Crippen LogP contribution in [0.5, 0.6) is 0 Å². The Balaban J connectivity index is 2.06. The maximum absolute atomic E-state index is 12.8. The van der Waals surface area contributed by atoms with E-state index >= 15 is 0 Å². The van der Waals surface area contributed by atoms with Gasteiger partial charge in [0.15, 0.2) is 0 Å². The molecule has 116 valence electrons. The first kappa shape index (κ1) is 15.8. The van der Waals surface area contributed by atoms with Crippen LogP contribution in [-0.4, -0.2) is 35.4 Å². The van der Waals surface area contributed by atoms with Crippen molar-refractivity contribution in [2.24, 2.45) is 5.92 Å². The molecule has 0 aliphatic carbocycles. The molecule has 1 aliphatic rings. The van der Waals surface area contributed by atoms with Crippen molar-refractivity contribution in [3.05, 3.63) is 24.0 Å². The number of likely N-dealkylation sites (tertiary alicyclic amines) is 1. The summed E-state index contributed by atoms with van der Waals surface area (Å²) in [5.41, 5.74) is 1.60. The van der Waals surface area contributed by atoms with Gasteiger partial charge in [-0.25, -0.2) is 0 Å². The van der Waals surface area contributed by atoms with Crippen LogP contribution in [0.2, 0.25) is 0 Å². The fourth-order valence-electron chi connectivity index (χ4n) is 3.15. The zero-order chi connectivity index (χ0) is 15.1. The van der Waals surface area contributed by atoms with Crippen molar-refractivity contribution in [3.63, 3.8) is 0 Å². The van der Waals surface area contributed by atoms with Crippen LogP contribution < -0.4 is 5.32 Å². The van der Waals surface area contributed by atoms with E-state index in [4.69, 9.17) is 0 Å². The minimum Gasteiger partial charge on any atom is -0.383 e. The minimum absolute atomic E-state index is 0.144. The highest BCUT2D eigenvalue weighted by atomic mass is 16.2. The molecule has 4 nitrogen and oxygen atoms in total. The third-order valence-electron chi connectivity index (χ3n) is 4.25. The molecule has 1 N–H and O–H groups in total. The Kier molecular flexibility index (Phi) is 6.03. The Bertz CT molecular complexity index is 461. The number of amides is 1. The number of hydrogen-bond acceptors (Lipinski definition) is 3. The van der Waals surface area contributed by atoms with Crippen LogP contribution in [0, 0.1) is 5.92 Å². The first-order valence-corrected chi connectivity index (χ1v) is 8.23. The van der Waals surface area contributed by atoms with Crippen LogP contribution in [0.15, 0.2) is 18.5 Å². The Hall–Kier alpha value is -1.58. The number of rotatable bonds is 5. The summed E-state index contributed by atoms with van der Waals surface area (Å²) in [5.74, 6) is 0.934. The van der Waals surface area contributed by atoms with Gasteiger partial charge in [0.2, 0.25) is 0 Å². The topological polar surface area (TPSA) is 45.2 Å². The second-order valence-electron chi connectivity index (χ2n) is 5.83. The predicted molar refractivity (Wildman–Crippen MR) is 86.6 cm³/mol. The molecule has 21 heavy (non-hydrogen) atoms. The van der Waals surface area contributed by atoms with E-state index < -0.39 is 0 Å². The van der Waals surface area contributed by atoms with Gasteiger partial charge in [-0.15, -0.1) is 0 Å². The minimum atomic E-state index is 0.144. The standard InChI is InChI=1S/C17H27N3O/c1-3-6-14-7-5-11-20(12-9-14)17(21)15-8-10-18-13-16(15)19-4-2/h8,10,13-14,19H,3-7,9,11-12H2,1-2H3. The van der Waals surface area contributed by atoms with Gasteiger partial charge in [0.05, 0.1) is 17.4 Å². The van der Waals surface area contributed by atoms with Crippen LogP contribution in [-0.2, 0) is 0 Å². The molecule has 1 fully saturated rings. The van der Waals surface area contributed by atoms with E-state index in [-0.39, 0.29) is 5.91 Å². The van der Waals surface area contributed by atoms with Gasteiger partial charge in [-0.2, -0.15) is 0 Å². The lowest BCUT2D eigenvalue weighted by molar-refractivity contribution is 0.0760. The van der Waals surface area contributed by atoms with Gasteiger partial charge < -0.3 is 10.2 Å². The summed E-state index contributed by atoms with van der Waals surface area (Å²) in [7, 11) is 0. The number of pyridine rings is 1. The summed E-state index contributed by atoms with van der Waals surface area (Å²) < 4.78 is 0. The monoisotopic (exact) mass is 289 g/mol. The molecule has 0 aromatic carbocycles. The fraction of sp³-hybridized carbons (Fsp3) is 0.647. The number of nitrogens with one attached hydrogen (secondary N) is 1. The van der Waals surface area contributed by atoms with Crippen LogP contribution >= 0.6 is 0 Å². The first-order chi connectivity index (χ1) is 10.3. The largest absolute Gasteiger partial charge is 0.383 e. The van der Waals surface area contributed by atoms with E-state index in [1.807, 2.05) is 17.9 Å². The zero-order valence-electron chi connectivity index (χ0n) is 13.3. The molecule has 1 aromatic rings. The highest BCUT2D eigenvalue weighted by Crippen LogP contribution is 2.24. The molecule has 1 aromatic heterocycles. The Morgan fingerprint density at radius 3 is 3.00 bits per heavy atom. The van der Waals surface area contributed by atoms with E-state index in [1.54, 1.807) is 12.4 Å². The predicted octanol–water partition coefficient (Wildman–Crippen LogP) is 3.56. The lowest BCUT2D eigenvalue weighted by atomic mass is 9.96. The lowest BCUT2D eigenvalue weighted by Crippen LogP contribution is -2.32. The van der Waals surface area contributed by atoms with Crippen molar-refractivity contribution in [3.8, 4) is 0 Å². The van der Waals surface area contributed by atoms with Crippen LogP contribution in [0.3, 0.4) is 0 Å². The van der Waals surface area contributed by atoms with Crippen LogP contribution in [0.4, 0.5) is 5.69 Å². The summed E-state index contributed by atoms with van der Waals surface area (Å²) in [6.07, 6.45) is 9.50. The van der Waals surface area contributed by atoms with E-state index in [9.17, 15) is 4.79 Å². The van der Waals surface area contributed by atoms with Gasteiger partial charge in [0.1, 0.15) is 0 Å².